The zero-order valence-electron chi connectivity index (χ0n) is 11.7. The molecular formula is C16H29P. The minimum absolute atomic E-state index is 0.970. The van der Waals surface area contributed by atoms with E-state index in [1.54, 1.807) is 11.1 Å². The van der Waals surface area contributed by atoms with Crippen molar-refractivity contribution < 1.29 is 0 Å². The topological polar surface area (TPSA) is 0 Å². The lowest BCUT2D eigenvalue weighted by molar-refractivity contribution is 0.652. The van der Waals surface area contributed by atoms with Crippen LogP contribution in [0.4, 0.5) is 0 Å². The molecule has 0 N–H and O–H groups in total. The molecule has 0 atom stereocenters. The first kappa shape index (κ1) is 14.8. The molecule has 0 spiro atoms. The van der Waals surface area contributed by atoms with Gasteiger partial charge in [-0.15, -0.1) is 8.19 Å². The van der Waals surface area contributed by atoms with Crippen molar-refractivity contribution in [2.45, 2.75) is 78.1 Å². The Morgan fingerprint density at radius 3 is 1.59 bits per heavy atom. The van der Waals surface area contributed by atoms with Gasteiger partial charge in [0.05, 0.1) is 0 Å². The average Bonchev–Trinajstić information content (AvgIpc) is 2.78. The summed E-state index contributed by atoms with van der Waals surface area (Å²) in [5.41, 5.74) is 3.38. The predicted molar refractivity (Wildman–Crippen MR) is 81.6 cm³/mol. The van der Waals surface area contributed by atoms with E-state index in [1.807, 2.05) is 0 Å². The lowest BCUT2D eigenvalue weighted by atomic mass is 10.0. The van der Waals surface area contributed by atoms with Gasteiger partial charge >= 0.3 is 0 Å². The second kappa shape index (κ2) is 9.77. The van der Waals surface area contributed by atoms with E-state index in [4.69, 9.17) is 0 Å². The van der Waals surface area contributed by atoms with Crippen LogP contribution in [0.15, 0.2) is 11.6 Å². The van der Waals surface area contributed by atoms with Crippen molar-refractivity contribution in [2.75, 3.05) is 0 Å². The average molecular weight is 252 g/mol. The quantitative estimate of drug-likeness (QED) is 0.450. The molecule has 1 rings (SSSR count). The highest BCUT2D eigenvalue weighted by atomic mass is 31.0. The molecule has 17 heavy (non-hydrogen) atoms. The largest absolute Gasteiger partial charge is 0.139 e. The van der Waals surface area contributed by atoms with E-state index in [0.29, 0.717) is 0 Å². The standard InChI is InChI=1S/C16H29P/c1-3-5-7-9-11-15-13-17-14-16(15)12-10-8-6-4-2/h13-14,17H,3-12H2,1-2H3. The Morgan fingerprint density at radius 2 is 1.18 bits per heavy atom. The SMILES string of the molecule is CCCCCCc1c[pH]cc1CCCCCC. The molecule has 0 saturated carbocycles. The second-order valence-electron chi connectivity index (χ2n) is 5.13. The van der Waals surface area contributed by atoms with Gasteiger partial charge in [-0.2, -0.15) is 0 Å². The number of rotatable bonds is 10. The van der Waals surface area contributed by atoms with E-state index >= 15 is 0 Å². The van der Waals surface area contributed by atoms with Gasteiger partial charge in [-0.3, -0.25) is 0 Å². The van der Waals surface area contributed by atoms with Gasteiger partial charge in [-0.25, -0.2) is 0 Å². The molecule has 98 valence electrons. The summed E-state index contributed by atoms with van der Waals surface area (Å²) in [4.78, 5) is 0. The van der Waals surface area contributed by atoms with Gasteiger partial charge < -0.3 is 0 Å². The molecular weight excluding hydrogens is 223 g/mol. The second-order valence-corrected chi connectivity index (χ2v) is 6.04. The third-order valence-corrected chi connectivity index (χ3v) is 4.56. The lowest BCUT2D eigenvalue weighted by Crippen LogP contribution is -1.91. The molecule has 0 fully saturated rings. The van der Waals surface area contributed by atoms with E-state index in [2.05, 4.69) is 25.4 Å². The van der Waals surface area contributed by atoms with Crippen LogP contribution in [0.3, 0.4) is 0 Å². The summed E-state index contributed by atoms with van der Waals surface area (Å²) in [7, 11) is 0.970. The molecule has 1 heterocycles. The minimum atomic E-state index is 0.970. The summed E-state index contributed by atoms with van der Waals surface area (Å²) in [5, 5.41) is 0. The van der Waals surface area contributed by atoms with Gasteiger partial charge in [0.25, 0.3) is 0 Å². The highest BCUT2D eigenvalue weighted by molar-refractivity contribution is 7.28. The number of unbranched alkanes of at least 4 members (excludes halogenated alkanes) is 6. The zero-order chi connectivity index (χ0) is 12.3. The van der Waals surface area contributed by atoms with Crippen LogP contribution >= 0.6 is 8.19 Å². The molecule has 0 aromatic carbocycles. The number of aryl methyl sites for hydroxylation is 2. The highest BCUT2D eigenvalue weighted by Gasteiger charge is 2.02. The molecule has 0 radical (unpaired) electrons. The van der Waals surface area contributed by atoms with E-state index in [-0.39, 0.29) is 0 Å². The highest BCUT2D eigenvalue weighted by Crippen LogP contribution is 2.23. The fraction of sp³-hybridized carbons (Fsp3) is 0.750. The smallest absolute Gasteiger partial charge is 0.0273 e. The van der Waals surface area contributed by atoms with Crippen molar-refractivity contribution in [3.8, 4) is 0 Å². The predicted octanol–water partition coefficient (Wildman–Crippen LogP) is 5.96. The van der Waals surface area contributed by atoms with Crippen LogP contribution < -0.4 is 0 Å². The van der Waals surface area contributed by atoms with Crippen molar-refractivity contribution in [3.05, 3.63) is 22.7 Å². The molecule has 0 nitrogen and oxygen atoms in total. The van der Waals surface area contributed by atoms with E-state index < -0.39 is 0 Å². The maximum Gasteiger partial charge on any atom is -0.0273 e. The lowest BCUT2D eigenvalue weighted by Gasteiger charge is -2.04. The molecule has 0 saturated heterocycles. The number of hydrogen-bond acceptors (Lipinski definition) is 0. The summed E-state index contributed by atoms with van der Waals surface area (Å²) >= 11 is 0. The van der Waals surface area contributed by atoms with Crippen molar-refractivity contribution in [1.82, 2.24) is 0 Å². The molecule has 1 aromatic rings. The van der Waals surface area contributed by atoms with Crippen LogP contribution in [0, 0.1) is 0 Å². The fourth-order valence-corrected chi connectivity index (χ4v) is 3.52. The van der Waals surface area contributed by atoms with Crippen LogP contribution in [0.25, 0.3) is 0 Å². The van der Waals surface area contributed by atoms with Crippen LogP contribution in [-0.4, -0.2) is 0 Å². The molecule has 1 aromatic heterocycles. The van der Waals surface area contributed by atoms with Crippen molar-refractivity contribution >= 4 is 8.19 Å². The maximum atomic E-state index is 2.49. The first-order valence-corrected chi connectivity index (χ1v) is 8.68. The van der Waals surface area contributed by atoms with Gasteiger partial charge in [-0.1, -0.05) is 52.4 Å². The Balaban J connectivity index is 2.22. The van der Waals surface area contributed by atoms with Gasteiger partial charge in [0.2, 0.25) is 0 Å². The molecule has 0 aliphatic carbocycles. The third kappa shape index (κ3) is 6.32. The van der Waals surface area contributed by atoms with Gasteiger partial charge in [-0.05, 0) is 48.4 Å². The van der Waals surface area contributed by atoms with Gasteiger partial charge in [0.15, 0.2) is 0 Å². The van der Waals surface area contributed by atoms with Gasteiger partial charge in [0, 0.05) is 0 Å². The molecule has 0 aliphatic rings. The fourth-order valence-electron chi connectivity index (χ4n) is 2.38. The summed E-state index contributed by atoms with van der Waals surface area (Å²) in [6.45, 7) is 4.57. The first-order chi connectivity index (χ1) is 8.38. The summed E-state index contributed by atoms with van der Waals surface area (Å²) < 4.78 is 0. The zero-order valence-corrected chi connectivity index (χ0v) is 12.7. The van der Waals surface area contributed by atoms with Crippen molar-refractivity contribution in [3.63, 3.8) is 0 Å². The molecule has 1 heteroatoms. The van der Waals surface area contributed by atoms with Crippen LogP contribution in [0.5, 0.6) is 0 Å². The summed E-state index contributed by atoms with van der Waals surface area (Å²) in [6, 6.07) is 0. The van der Waals surface area contributed by atoms with Crippen LogP contribution in [-0.2, 0) is 12.8 Å². The van der Waals surface area contributed by atoms with Crippen molar-refractivity contribution in [2.24, 2.45) is 0 Å². The van der Waals surface area contributed by atoms with Crippen molar-refractivity contribution in [1.29, 1.82) is 0 Å². The summed E-state index contributed by atoms with van der Waals surface area (Å²) in [5.74, 6) is 4.97. The van der Waals surface area contributed by atoms with E-state index in [9.17, 15) is 0 Å². The molecule has 0 bridgehead atoms. The maximum absolute atomic E-state index is 2.49. The summed E-state index contributed by atoms with van der Waals surface area (Å²) in [6.07, 6.45) is 13.8. The monoisotopic (exact) mass is 252 g/mol. The molecule has 0 unspecified atom stereocenters. The van der Waals surface area contributed by atoms with E-state index in [1.165, 1.54) is 64.2 Å². The molecule has 0 amide bonds. The third-order valence-electron chi connectivity index (χ3n) is 3.53. The minimum Gasteiger partial charge on any atom is -0.139 e. The number of hydrogen-bond donors (Lipinski definition) is 0. The normalized spacial score (nSPS) is 10.9. The van der Waals surface area contributed by atoms with Gasteiger partial charge in [0.1, 0.15) is 0 Å². The molecule has 0 aliphatic heterocycles. The Morgan fingerprint density at radius 1 is 0.706 bits per heavy atom. The van der Waals surface area contributed by atoms with Crippen LogP contribution in [0.1, 0.15) is 76.3 Å². The Kier molecular flexibility index (Phi) is 8.53. The Hall–Kier alpha value is -0.220. The van der Waals surface area contributed by atoms with E-state index in [0.717, 1.165) is 8.19 Å². The first-order valence-electron chi connectivity index (χ1n) is 7.53. The van der Waals surface area contributed by atoms with Crippen LogP contribution in [0.2, 0.25) is 0 Å². The Bertz CT molecular complexity index is 248. The Labute approximate surface area is 109 Å².